The molecule has 2 N–H and O–H groups in total. The highest BCUT2D eigenvalue weighted by Gasteiger charge is 2.67. The Morgan fingerprint density at radius 3 is 2.42 bits per heavy atom. The number of hydrogen-bond acceptors (Lipinski definition) is 3. The zero-order valence-corrected chi connectivity index (χ0v) is 12.6. The van der Waals surface area contributed by atoms with Crippen molar-refractivity contribution in [1.29, 1.82) is 0 Å². The van der Waals surface area contributed by atoms with Crippen LogP contribution >= 0.6 is 0 Å². The second-order valence-electron chi connectivity index (χ2n) is 8.28. The smallest absolute Gasteiger partial charge is 0.0636 e. The molecule has 0 saturated heterocycles. The molecular formula is C16H28O3. The molecular weight excluding hydrogens is 240 g/mol. The highest BCUT2D eigenvalue weighted by molar-refractivity contribution is 5.17. The fourth-order valence-corrected chi connectivity index (χ4v) is 6.06. The molecule has 3 fully saturated rings. The van der Waals surface area contributed by atoms with E-state index in [2.05, 4.69) is 20.8 Å². The molecule has 0 aromatic carbocycles. The number of ether oxygens (including phenoxy) is 1. The van der Waals surface area contributed by atoms with Crippen LogP contribution < -0.4 is 0 Å². The van der Waals surface area contributed by atoms with Gasteiger partial charge in [-0.05, 0) is 48.9 Å². The number of methoxy groups -OCH3 is 1. The molecule has 19 heavy (non-hydrogen) atoms. The number of rotatable bonds is 1. The van der Waals surface area contributed by atoms with Crippen molar-refractivity contribution in [3.63, 3.8) is 0 Å². The lowest BCUT2D eigenvalue weighted by molar-refractivity contribution is -0.189. The summed E-state index contributed by atoms with van der Waals surface area (Å²) in [5.74, 6) is 0.311. The molecule has 6 atom stereocenters. The maximum Gasteiger partial charge on any atom is 0.0636 e. The zero-order chi connectivity index (χ0) is 14.1. The number of aliphatic hydroxyl groups excluding tert-OH is 2. The van der Waals surface area contributed by atoms with Crippen LogP contribution in [-0.4, -0.2) is 35.6 Å². The zero-order valence-electron chi connectivity index (χ0n) is 12.6. The van der Waals surface area contributed by atoms with E-state index >= 15 is 0 Å². The van der Waals surface area contributed by atoms with Gasteiger partial charge in [-0.3, -0.25) is 0 Å². The molecule has 0 aromatic heterocycles. The normalized spacial score (nSPS) is 55.9. The van der Waals surface area contributed by atoms with E-state index < -0.39 is 0 Å². The van der Waals surface area contributed by atoms with Crippen LogP contribution in [0.4, 0.5) is 0 Å². The van der Waals surface area contributed by atoms with Crippen molar-refractivity contribution in [2.45, 2.75) is 71.2 Å². The SMILES string of the molecule is CO[C@H]1CC(C)(C)[C@@H]2[C@@H](O)C[C@]3(C)C[C@]12CC[C@H]3O. The fraction of sp³-hybridized carbons (Fsp3) is 1.00. The molecule has 3 nitrogen and oxygen atoms in total. The lowest BCUT2D eigenvalue weighted by Crippen LogP contribution is -2.59. The van der Waals surface area contributed by atoms with Gasteiger partial charge in [0.1, 0.15) is 0 Å². The van der Waals surface area contributed by atoms with E-state index in [-0.39, 0.29) is 34.6 Å². The Kier molecular flexibility index (Phi) is 2.88. The topological polar surface area (TPSA) is 49.7 Å². The molecule has 3 rings (SSSR count). The summed E-state index contributed by atoms with van der Waals surface area (Å²) in [6.07, 6.45) is 4.28. The van der Waals surface area contributed by atoms with E-state index in [9.17, 15) is 10.2 Å². The molecule has 0 aromatic rings. The summed E-state index contributed by atoms with van der Waals surface area (Å²) in [4.78, 5) is 0. The lowest BCUT2D eigenvalue weighted by Gasteiger charge is -2.59. The first-order chi connectivity index (χ1) is 8.75. The van der Waals surface area contributed by atoms with E-state index in [1.165, 1.54) is 0 Å². The first-order valence-electron chi connectivity index (χ1n) is 7.64. The van der Waals surface area contributed by atoms with Gasteiger partial charge >= 0.3 is 0 Å². The molecule has 0 unspecified atom stereocenters. The average Bonchev–Trinajstić information content (AvgIpc) is 2.52. The standard InChI is InChI=1S/C16H28O3/c1-14(2)8-12(19-4)16-6-5-11(18)15(3,9-16)7-10(17)13(14)16/h10-13,17-18H,5-9H2,1-4H3/t10-,11+,12-,13-,15+,16+/m0/s1. The number of hydrogen-bond donors (Lipinski definition) is 2. The molecule has 0 heterocycles. The highest BCUT2D eigenvalue weighted by atomic mass is 16.5. The van der Waals surface area contributed by atoms with Gasteiger partial charge in [-0.2, -0.15) is 0 Å². The monoisotopic (exact) mass is 268 g/mol. The van der Waals surface area contributed by atoms with Crippen molar-refractivity contribution in [3.8, 4) is 0 Å². The summed E-state index contributed by atoms with van der Waals surface area (Å²) in [5.41, 5.74) is 0.0684. The minimum atomic E-state index is -0.302. The van der Waals surface area contributed by atoms with E-state index in [1.54, 1.807) is 7.11 Å². The van der Waals surface area contributed by atoms with Crippen LogP contribution in [0.15, 0.2) is 0 Å². The number of aliphatic hydroxyl groups is 2. The average molecular weight is 268 g/mol. The largest absolute Gasteiger partial charge is 0.393 e. The maximum atomic E-state index is 10.7. The Morgan fingerprint density at radius 1 is 1.11 bits per heavy atom. The van der Waals surface area contributed by atoms with Crippen LogP contribution in [0, 0.1) is 22.2 Å². The summed E-state index contributed by atoms with van der Waals surface area (Å²) >= 11 is 0. The molecule has 3 aliphatic rings. The summed E-state index contributed by atoms with van der Waals surface area (Å²) < 4.78 is 5.83. The second kappa shape index (κ2) is 3.96. The van der Waals surface area contributed by atoms with Crippen LogP contribution in [0.2, 0.25) is 0 Å². The van der Waals surface area contributed by atoms with Gasteiger partial charge < -0.3 is 14.9 Å². The second-order valence-corrected chi connectivity index (χ2v) is 8.28. The van der Waals surface area contributed by atoms with Crippen molar-refractivity contribution in [1.82, 2.24) is 0 Å². The molecule has 110 valence electrons. The van der Waals surface area contributed by atoms with Crippen LogP contribution in [0.1, 0.15) is 52.9 Å². The van der Waals surface area contributed by atoms with Crippen molar-refractivity contribution in [2.75, 3.05) is 7.11 Å². The molecule has 3 aliphatic carbocycles. The van der Waals surface area contributed by atoms with Gasteiger partial charge in [0, 0.05) is 12.5 Å². The van der Waals surface area contributed by atoms with E-state index in [0.717, 1.165) is 32.1 Å². The van der Waals surface area contributed by atoms with Crippen LogP contribution in [-0.2, 0) is 4.74 Å². The summed E-state index contributed by atoms with van der Waals surface area (Å²) in [7, 11) is 1.81. The van der Waals surface area contributed by atoms with Gasteiger partial charge in [0.15, 0.2) is 0 Å². The summed E-state index contributed by atoms with van der Waals surface area (Å²) in [6, 6.07) is 0. The molecule has 3 heteroatoms. The van der Waals surface area contributed by atoms with Crippen LogP contribution in [0.25, 0.3) is 0 Å². The fourth-order valence-electron chi connectivity index (χ4n) is 6.06. The van der Waals surface area contributed by atoms with E-state index in [1.807, 2.05) is 0 Å². The minimum Gasteiger partial charge on any atom is -0.393 e. The predicted molar refractivity (Wildman–Crippen MR) is 73.7 cm³/mol. The summed E-state index contributed by atoms with van der Waals surface area (Å²) in [5, 5.41) is 21.1. The third kappa shape index (κ3) is 1.68. The van der Waals surface area contributed by atoms with E-state index in [0.29, 0.717) is 5.92 Å². The Hall–Kier alpha value is -0.120. The third-order valence-electron chi connectivity index (χ3n) is 6.58. The first-order valence-corrected chi connectivity index (χ1v) is 7.64. The lowest BCUT2D eigenvalue weighted by atomic mass is 9.48. The minimum absolute atomic E-state index is 0.0733. The Labute approximate surface area is 116 Å². The quantitative estimate of drug-likeness (QED) is 0.767. The van der Waals surface area contributed by atoms with Crippen molar-refractivity contribution >= 4 is 0 Å². The van der Waals surface area contributed by atoms with Gasteiger partial charge in [0.2, 0.25) is 0 Å². The Balaban J connectivity index is 2.06. The third-order valence-corrected chi connectivity index (χ3v) is 6.58. The van der Waals surface area contributed by atoms with Gasteiger partial charge in [0.05, 0.1) is 18.3 Å². The molecule has 2 bridgehead atoms. The molecule has 3 saturated carbocycles. The van der Waals surface area contributed by atoms with Gasteiger partial charge in [-0.15, -0.1) is 0 Å². The van der Waals surface area contributed by atoms with Gasteiger partial charge in [-0.1, -0.05) is 20.8 Å². The predicted octanol–water partition coefficient (Wildman–Crippen LogP) is 2.35. The van der Waals surface area contributed by atoms with Crippen molar-refractivity contribution in [2.24, 2.45) is 22.2 Å². The molecule has 0 aliphatic heterocycles. The maximum absolute atomic E-state index is 10.7. The molecule has 0 radical (unpaired) electrons. The van der Waals surface area contributed by atoms with E-state index in [4.69, 9.17) is 4.74 Å². The van der Waals surface area contributed by atoms with Gasteiger partial charge in [-0.25, -0.2) is 0 Å². The van der Waals surface area contributed by atoms with Crippen molar-refractivity contribution < 1.29 is 14.9 Å². The van der Waals surface area contributed by atoms with Gasteiger partial charge in [0.25, 0.3) is 0 Å². The Bertz CT molecular complexity index is 380. The van der Waals surface area contributed by atoms with Crippen molar-refractivity contribution in [3.05, 3.63) is 0 Å². The van der Waals surface area contributed by atoms with Crippen LogP contribution in [0.3, 0.4) is 0 Å². The first kappa shape index (κ1) is 13.8. The van der Waals surface area contributed by atoms with Crippen LogP contribution in [0.5, 0.6) is 0 Å². The Morgan fingerprint density at radius 2 is 1.79 bits per heavy atom. The molecule has 1 spiro atoms. The number of fused-ring (bicyclic) bond motifs is 1. The summed E-state index contributed by atoms with van der Waals surface area (Å²) in [6.45, 7) is 6.70. The molecule has 0 amide bonds. The highest BCUT2D eigenvalue weighted by Crippen LogP contribution is 2.69.